The number of esters is 1. The Hall–Kier alpha value is -2.93. The zero-order valence-corrected chi connectivity index (χ0v) is 20.6. The summed E-state index contributed by atoms with van der Waals surface area (Å²) in [4.78, 5) is 27.9. The largest absolute Gasteiger partial charge is 0.482 e. The van der Waals surface area contributed by atoms with Crippen LogP contribution in [0.4, 0.5) is 5.69 Å². The van der Waals surface area contributed by atoms with Gasteiger partial charge in [0.2, 0.25) is 0 Å². The third-order valence-electron chi connectivity index (χ3n) is 6.26. The van der Waals surface area contributed by atoms with Gasteiger partial charge in [-0.15, -0.1) is 0 Å². The second-order valence-corrected chi connectivity index (χ2v) is 9.82. The Balaban J connectivity index is 1.51. The highest BCUT2D eigenvalue weighted by atomic mass is 32.2. The summed E-state index contributed by atoms with van der Waals surface area (Å²) >= 11 is 1.57. The van der Waals surface area contributed by atoms with Crippen molar-refractivity contribution in [3.63, 3.8) is 0 Å². The summed E-state index contributed by atoms with van der Waals surface area (Å²) in [6.45, 7) is 4.23. The van der Waals surface area contributed by atoms with E-state index in [1.54, 1.807) is 30.8 Å². The fraction of sp³-hybridized carbons (Fsp3) is 0.407. The van der Waals surface area contributed by atoms with E-state index < -0.39 is 5.97 Å². The third kappa shape index (κ3) is 5.95. The molecule has 1 aliphatic heterocycles. The Labute approximate surface area is 205 Å². The van der Waals surface area contributed by atoms with Crippen molar-refractivity contribution in [2.75, 3.05) is 18.5 Å². The normalized spacial score (nSPS) is 23.7. The van der Waals surface area contributed by atoms with Crippen molar-refractivity contribution in [1.29, 1.82) is 0 Å². The van der Waals surface area contributed by atoms with Gasteiger partial charge in [-0.25, -0.2) is 4.79 Å². The molecule has 2 aromatic rings. The fourth-order valence-electron chi connectivity index (χ4n) is 4.52. The monoisotopic (exact) mass is 480 g/mol. The topological polar surface area (TPSA) is 67.9 Å². The van der Waals surface area contributed by atoms with Crippen LogP contribution >= 0.6 is 11.8 Å². The number of thioether (sulfide) groups is 1. The summed E-state index contributed by atoms with van der Waals surface area (Å²) in [5, 5.41) is 3.57. The van der Waals surface area contributed by atoms with Crippen LogP contribution in [0.3, 0.4) is 0 Å². The van der Waals surface area contributed by atoms with Crippen LogP contribution in [-0.2, 0) is 14.3 Å². The molecule has 4 rings (SSSR count). The zero-order valence-electron chi connectivity index (χ0n) is 19.7. The smallest absolute Gasteiger partial charge is 0.344 e. The van der Waals surface area contributed by atoms with Gasteiger partial charge in [0.1, 0.15) is 5.75 Å². The highest BCUT2D eigenvalue weighted by Crippen LogP contribution is 2.42. The SMILES string of the molecule is CCOC(=O)COc1ccc(/C=C2\SC(Nc3ccccc3)N([C@H]3CCCC[C@H]3C)C2=O)cc1. The fourth-order valence-corrected chi connectivity index (χ4v) is 5.74. The zero-order chi connectivity index (χ0) is 23.9. The van der Waals surface area contributed by atoms with E-state index >= 15 is 0 Å². The van der Waals surface area contributed by atoms with Gasteiger partial charge in [0, 0.05) is 11.7 Å². The van der Waals surface area contributed by atoms with Crippen LogP contribution in [-0.4, -0.2) is 41.5 Å². The van der Waals surface area contributed by atoms with E-state index in [0.29, 0.717) is 18.3 Å². The molecule has 1 saturated heterocycles. The van der Waals surface area contributed by atoms with E-state index in [4.69, 9.17) is 9.47 Å². The van der Waals surface area contributed by atoms with Crippen molar-refractivity contribution in [3.8, 4) is 5.75 Å². The Bertz CT molecular complexity index is 1010. The molecule has 0 radical (unpaired) electrons. The molecule has 7 heteroatoms. The van der Waals surface area contributed by atoms with Crippen LogP contribution in [0.5, 0.6) is 5.75 Å². The number of carbonyl (C=O) groups excluding carboxylic acids is 2. The number of rotatable bonds is 8. The Morgan fingerprint density at radius 1 is 1.12 bits per heavy atom. The summed E-state index contributed by atoms with van der Waals surface area (Å²) in [5.74, 6) is 0.755. The molecule has 1 N–H and O–H groups in total. The van der Waals surface area contributed by atoms with Crippen molar-refractivity contribution in [2.45, 2.75) is 51.1 Å². The van der Waals surface area contributed by atoms with E-state index in [9.17, 15) is 9.59 Å². The summed E-state index contributed by atoms with van der Waals surface area (Å²) in [5.41, 5.74) is 1.78. The number of hydrogen-bond donors (Lipinski definition) is 1. The Morgan fingerprint density at radius 2 is 1.85 bits per heavy atom. The van der Waals surface area contributed by atoms with Gasteiger partial charge >= 0.3 is 5.97 Å². The molecule has 0 bridgehead atoms. The van der Waals surface area contributed by atoms with Gasteiger partial charge < -0.3 is 19.7 Å². The molecule has 3 atom stereocenters. The van der Waals surface area contributed by atoms with E-state index in [1.807, 2.05) is 48.5 Å². The van der Waals surface area contributed by atoms with Gasteiger partial charge in [-0.2, -0.15) is 0 Å². The number of para-hydroxylation sites is 1. The molecule has 1 saturated carbocycles. The minimum absolute atomic E-state index is 0.0832. The van der Waals surface area contributed by atoms with Crippen LogP contribution in [0.25, 0.3) is 6.08 Å². The summed E-state index contributed by atoms with van der Waals surface area (Å²) in [6, 6.07) is 17.7. The molecule has 2 fully saturated rings. The van der Waals surface area contributed by atoms with Crippen molar-refractivity contribution in [1.82, 2.24) is 4.90 Å². The van der Waals surface area contributed by atoms with Crippen LogP contribution in [0.15, 0.2) is 59.5 Å². The molecule has 0 aromatic heterocycles. The van der Waals surface area contributed by atoms with E-state index in [1.165, 1.54) is 6.42 Å². The number of nitrogens with zero attached hydrogens (tertiary/aromatic N) is 1. The second-order valence-electron chi connectivity index (χ2n) is 8.69. The molecule has 6 nitrogen and oxygen atoms in total. The molecule has 1 heterocycles. The van der Waals surface area contributed by atoms with Crippen molar-refractivity contribution >= 4 is 35.4 Å². The highest BCUT2D eigenvalue weighted by Gasteiger charge is 2.42. The first-order valence-corrected chi connectivity index (χ1v) is 12.8. The van der Waals surface area contributed by atoms with Gasteiger partial charge in [0.25, 0.3) is 5.91 Å². The van der Waals surface area contributed by atoms with Crippen LogP contribution in [0.1, 0.15) is 45.1 Å². The van der Waals surface area contributed by atoms with E-state index in [0.717, 1.165) is 35.4 Å². The Kier molecular flexibility index (Phi) is 8.16. The molecular formula is C27H32N2O4S. The maximum atomic E-state index is 13.6. The number of nitrogens with one attached hydrogen (secondary N) is 1. The number of anilines is 1. The van der Waals surface area contributed by atoms with Crippen molar-refractivity contribution in [3.05, 3.63) is 65.1 Å². The molecule has 180 valence electrons. The minimum atomic E-state index is -0.393. The molecule has 0 spiro atoms. The predicted molar refractivity (Wildman–Crippen MR) is 136 cm³/mol. The lowest BCUT2D eigenvalue weighted by Crippen LogP contribution is -2.48. The molecule has 34 heavy (non-hydrogen) atoms. The minimum Gasteiger partial charge on any atom is -0.482 e. The number of hydrogen-bond acceptors (Lipinski definition) is 6. The highest BCUT2D eigenvalue weighted by molar-refractivity contribution is 8.05. The van der Waals surface area contributed by atoms with Gasteiger partial charge in [-0.1, -0.05) is 61.9 Å². The molecule has 2 aliphatic rings. The second kappa shape index (κ2) is 11.5. The summed E-state index contributed by atoms with van der Waals surface area (Å²) in [7, 11) is 0. The van der Waals surface area contributed by atoms with Gasteiger partial charge in [0.15, 0.2) is 12.1 Å². The predicted octanol–water partition coefficient (Wildman–Crippen LogP) is 5.52. The molecule has 1 amide bonds. The van der Waals surface area contributed by atoms with Gasteiger partial charge in [-0.05, 0) is 61.6 Å². The average Bonchev–Trinajstić information content (AvgIpc) is 3.14. The molecular weight excluding hydrogens is 448 g/mol. The number of ether oxygens (including phenoxy) is 2. The van der Waals surface area contributed by atoms with Gasteiger partial charge in [0.05, 0.1) is 11.5 Å². The third-order valence-corrected chi connectivity index (χ3v) is 7.38. The maximum Gasteiger partial charge on any atom is 0.344 e. The summed E-state index contributed by atoms with van der Waals surface area (Å²) < 4.78 is 10.4. The van der Waals surface area contributed by atoms with Crippen LogP contribution in [0.2, 0.25) is 0 Å². The first-order chi connectivity index (χ1) is 16.5. The maximum absolute atomic E-state index is 13.6. The van der Waals surface area contributed by atoms with Crippen molar-refractivity contribution < 1.29 is 19.1 Å². The molecule has 1 unspecified atom stereocenters. The number of carbonyl (C=O) groups is 2. The van der Waals surface area contributed by atoms with Crippen LogP contribution in [0, 0.1) is 5.92 Å². The number of benzene rings is 2. The van der Waals surface area contributed by atoms with E-state index in [2.05, 4.69) is 17.1 Å². The number of amides is 1. The quantitative estimate of drug-likeness (QED) is 0.396. The summed E-state index contributed by atoms with van der Waals surface area (Å²) in [6.07, 6.45) is 6.53. The lowest BCUT2D eigenvalue weighted by molar-refractivity contribution is -0.145. The first-order valence-electron chi connectivity index (χ1n) is 12.0. The first kappa shape index (κ1) is 24.2. The lowest BCUT2D eigenvalue weighted by Gasteiger charge is -2.39. The van der Waals surface area contributed by atoms with Gasteiger partial charge in [-0.3, -0.25) is 4.79 Å². The van der Waals surface area contributed by atoms with Crippen LogP contribution < -0.4 is 10.1 Å². The lowest BCUT2D eigenvalue weighted by atomic mass is 9.85. The standard InChI is InChI=1S/C27H32N2O4S/c1-3-32-25(30)18-33-22-15-13-20(14-16-22)17-24-26(31)29(23-12-8-7-9-19(23)2)27(34-24)28-21-10-5-4-6-11-21/h4-6,10-11,13-17,19,23,27-28H,3,7-9,12,18H2,1-2H3/b24-17-/t19-,23+,27?/m1/s1. The molecule has 2 aromatic carbocycles. The van der Waals surface area contributed by atoms with E-state index in [-0.39, 0.29) is 24.1 Å². The average molecular weight is 481 g/mol. The van der Waals surface area contributed by atoms with Crippen molar-refractivity contribution in [2.24, 2.45) is 5.92 Å². The molecule has 1 aliphatic carbocycles. The Morgan fingerprint density at radius 3 is 2.56 bits per heavy atom.